The lowest BCUT2D eigenvalue weighted by molar-refractivity contribution is 0.0601. The third-order valence-electron chi connectivity index (χ3n) is 3.32. The summed E-state index contributed by atoms with van der Waals surface area (Å²) in [5.74, 6) is -1.40. The summed E-state index contributed by atoms with van der Waals surface area (Å²) in [5, 5.41) is 5.45. The van der Waals surface area contributed by atoms with Crippen molar-refractivity contribution in [2.75, 3.05) is 12.4 Å². The van der Waals surface area contributed by atoms with Gasteiger partial charge in [-0.05, 0) is 45.0 Å². The minimum atomic E-state index is -0.563. The summed E-state index contributed by atoms with van der Waals surface area (Å²) in [7, 11) is 1.26. The maximum atomic E-state index is 12.5. The maximum absolute atomic E-state index is 12.5. The van der Waals surface area contributed by atoms with Gasteiger partial charge in [-0.3, -0.25) is 14.6 Å². The van der Waals surface area contributed by atoms with Crippen LogP contribution in [0.5, 0.6) is 0 Å². The molecule has 0 aliphatic heterocycles. The normalized spacial score (nSPS) is 10.8. The lowest BCUT2D eigenvalue weighted by Crippen LogP contribution is -2.40. The van der Waals surface area contributed by atoms with Gasteiger partial charge in [0, 0.05) is 17.3 Å². The zero-order valence-corrected chi connectivity index (χ0v) is 15.1. The summed E-state index contributed by atoms with van der Waals surface area (Å²) in [6.45, 7) is 5.59. The predicted octanol–water partition coefficient (Wildman–Crippen LogP) is 2.65. The molecule has 1 heterocycles. The van der Waals surface area contributed by atoms with Crippen LogP contribution in [-0.4, -0.2) is 35.4 Å². The second-order valence-electron chi connectivity index (χ2n) is 6.63. The number of carbonyl (C=O) groups excluding carboxylic acids is 3. The van der Waals surface area contributed by atoms with Gasteiger partial charge in [0.05, 0.1) is 18.4 Å². The Balaban J connectivity index is 2.23. The van der Waals surface area contributed by atoms with E-state index in [1.165, 1.54) is 25.4 Å². The number of hydrogen-bond donors (Lipinski definition) is 2. The number of amides is 2. The molecule has 0 bridgehead atoms. The summed E-state index contributed by atoms with van der Waals surface area (Å²) in [6, 6.07) is 9.40. The molecule has 1 aromatic heterocycles. The zero-order chi connectivity index (χ0) is 19.3. The molecule has 26 heavy (non-hydrogen) atoms. The first-order chi connectivity index (χ1) is 12.2. The van der Waals surface area contributed by atoms with E-state index in [2.05, 4.69) is 15.6 Å². The second kappa shape index (κ2) is 7.77. The Labute approximate surface area is 151 Å². The van der Waals surface area contributed by atoms with E-state index in [1.807, 2.05) is 20.8 Å². The van der Waals surface area contributed by atoms with Crippen molar-refractivity contribution in [3.63, 3.8) is 0 Å². The van der Waals surface area contributed by atoms with Crippen molar-refractivity contribution in [2.24, 2.45) is 0 Å². The fourth-order valence-electron chi connectivity index (χ4n) is 2.18. The monoisotopic (exact) mass is 355 g/mol. The number of rotatable bonds is 4. The Hall–Kier alpha value is -3.22. The molecule has 0 spiro atoms. The molecule has 7 nitrogen and oxygen atoms in total. The number of nitrogens with one attached hydrogen (secondary N) is 2. The zero-order valence-electron chi connectivity index (χ0n) is 15.1. The summed E-state index contributed by atoms with van der Waals surface area (Å²) < 4.78 is 4.70. The molecule has 0 unspecified atom stereocenters. The molecule has 0 aliphatic rings. The Morgan fingerprint density at radius 1 is 1.04 bits per heavy atom. The first kappa shape index (κ1) is 19.1. The van der Waals surface area contributed by atoms with Crippen LogP contribution in [0.4, 0.5) is 5.69 Å². The molecule has 2 N–H and O–H groups in total. The van der Waals surface area contributed by atoms with Gasteiger partial charge in [0.15, 0.2) is 0 Å². The van der Waals surface area contributed by atoms with Crippen molar-refractivity contribution in [3.8, 4) is 0 Å². The van der Waals surface area contributed by atoms with Crippen LogP contribution in [0, 0.1) is 0 Å². The molecule has 0 saturated heterocycles. The third kappa shape index (κ3) is 4.89. The maximum Gasteiger partial charge on any atom is 0.339 e. The lowest BCUT2D eigenvalue weighted by atomic mass is 10.1. The molecule has 0 radical (unpaired) electrons. The van der Waals surface area contributed by atoms with Crippen molar-refractivity contribution in [1.82, 2.24) is 10.3 Å². The number of hydrogen-bond acceptors (Lipinski definition) is 5. The number of esters is 1. The number of nitrogens with zero attached hydrogens (tertiary/aromatic N) is 1. The first-order valence-electron chi connectivity index (χ1n) is 7.98. The minimum Gasteiger partial charge on any atom is -0.465 e. The highest BCUT2D eigenvalue weighted by atomic mass is 16.5. The van der Waals surface area contributed by atoms with Gasteiger partial charge in [-0.15, -0.1) is 0 Å². The van der Waals surface area contributed by atoms with Crippen LogP contribution in [0.1, 0.15) is 52.0 Å². The van der Waals surface area contributed by atoms with Crippen LogP contribution < -0.4 is 10.6 Å². The first-order valence-corrected chi connectivity index (χ1v) is 7.98. The Morgan fingerprint density at radius 2 is 1.73 bits per heavy atom. The fourth-order valence-corrected chi connectivity index (χ4v) is 2.18. The van der Waals surface area contributed by atoms with E-state index >= 15 is 0 Å². The van der Waals surface area contributed by atoms with Crippen molar-refractivity contribution < 1.29 is 19.1 Å². The highest BCUT2D eigenvalue weighted by Crippen LogP contribution is 2.17. The smallest absolute Gasteiger partial charge is 0.339 e. The van der Waals surface area contributed by atoms with Crippen molar-refractivity contribution in [1.29, 1.82) is 0 Å². The van der Waals surface area contributed by atoms with E-state index in [9.17, 15) is 14.4 Å². The topological polar surface area (TPSA) is 97.4 Å². The Morgan fingerprint density at radius 3 is 2.38 bits per heavy atom. The average molecular weight is 355 g/mol. The Kier molecular flexibility index (Phi) is 5.71. The molecule has 0 saturated carbocycles. The fraction of sp³-hybridized carbons (Fsp3) is 0.263. The average Bonchev–Trinajstić information content (AvgIpc) is 2.60. The third-order valence-corrected chi connectivity index (χ3v) is 3.32. The quantitative estimate of drug-likeness (QED) is 0.822. The van der Waals surface area contributed by atoms with E-state index < -0.39 is 17.4 Å². The molecule has 7 heteroatoms. The molecule has 2 rings (SSSR count). The summed E-state index contributed by atoms with van der Waals surface area (Å²) >= 11 is 0. The summed E-state index contributed by atoms with van der Waals surface area (Å²) in [4.78, 5) is 40.5. The van der Waals surface area contributed by atoms with E-state index in [1.54, 1.807) is 24.3 Å². The van der Waals surface area contributed by atoms with Gasteiger partial charge in [0.1, 0.15) is 5.69 Å². The van der Waals surface area contributed by atoms with Crippen molar-refractivity contribution >= 4 is 23.5 Å². The van der Waals surface area contributed by atoms with E-state index in [4.69, 9.17) is 4.74 Å². The SMILES string of the molecule is COC(=O)c1ccccc1NC(=O)c1cc(C(=O)NC(C)(C)C)ccn1. The lowest BCUT2D eigenvalue weighted by Gasteiger charge is -2.20. The highest BCUT2D eigenvalue weighted by Gasteiger charge is 2.18. The summed E-state index contributed by atoms with van der Waals surface area (Å²) in [5.41, 5.74) is 0.510. The molecular weight excluding hydrogens is 334 g/mol. The van der Waals surface area contributed by atoms with Crippen LogP contribution in [0.2, 0.25) is 0 Å². The number of carbonyl (C=O) groups is 3. The standard InChI is InChI=1S/C19H21N3O4/c1-19(2,3)22-16(23)12-9-10-20-15(11-12)17(24)21-14-8-6-5-7-13(14)18(25)26-4/h5-11H,1-4H3,(H,21,24)(H,22,23). The largest absolute Gasteiger partial charge is 0.465 e. The molecule has 2 aromatic rings. The molecular formula is C19H21N3O4. The highest BCUT2D eigenvalue weighted by molar-refractivity contribution is 6.08. The second-order valence-corrected chi connectivity index (χ2v) is 6.63. The summed E-state index contributed by atoms with van der Waals surface area (Å²) in [6.07, 6.45) is 1.39. The van der Waals surface area contributed by atoms with Gasteiger partial charge in [-0.2, -0.15) is 0 Å². The predicted molar refractivity (Wildman–Crippen MR) is 97.2 cm³/mol. The number of methoxy groups -OCH3 is 1. The van der Waals surface area contributed by atoms with E-state index in [0.29, 0.717) is 11.3 Å². The van der Waals surface area contributed by atoms with Crippen molar-refractivity contribution in [2.45, 2.75) is 26.3 Å². The van der Waals surface area contributed by atoms with Gasteiger partial charge in [-0.25, -0.2) is 4.79 Å². The van der Waals surface area contributed by atoms with E-state index in [-0.39, 0.29) is 17.2 Å². The molecule has 2 amide bonds. The van der Waals surface area contributed by atoms with Gasteiger partial charge >= 0.3 is 5.97 Å². The van der Waals surface area contributed by atoms with Crippen LogP contribution in [-0.2, 0) is 4.74 Å². The molecule has 0 fully saturated rings. The number of pyridine rings is 1. The number of ether oxygens (including phenoxy) is 1. The van der Waals surface area contributed by atoms with Gasteiger partial charge in [-0.1, -0.05) is 12.1 Å². The van der Waals surface area contributed by atoms with Crippen LogP contribution >= 0.6 is 0 Å². The molecule has 1 aromatic carbocycles. The number of benzene rings is 1. The van der Waals surface area contributed by atoms with E-state index in [0.717, 1.165) is 0 Å². The van der Waals surface area contributed by atoms with Crippen LogP contribution in [0.25, 0.3) is 0 Å². The molecule has 0 aliphatic carbocycles. The Bertz CT molecular complexity index is 841. The van der Waals surface area contributed by atoms with Crippen LogP contribution in [0.3, 0.4) is 0 Å². The molecule has 136 valence electrons. The van der Waals surface area contributed by atoms with Gasteiger partial charge in [0.25, 0.3) is 11.8 Å². The van der Waals surface area contributed by atoms with Crippen molar-refractivity contribution in [3.05, 3.63) is 59.4 Å². The van der Waals surface area contributed by atoms with Crippen LogP contribution in [0.15, 0.2) is 42.6 Å². The molecule has 0 atom stereocenters. The number of anilines is 1. The van der Waals surface area contributed by atoms with Gasteiger partial charge < -0.3 is 15.4 Å². The van der Waals surface area contributed by atoms with Gasteiger partial charge in [0.2, 0.25) is 0 Å². The minimum absolute atomic E-state index is 0.0613. The number of aromatic nitrogens is 1. The number of para-hydroxylation sites is 1.